The van der Waals surface area contributed by atoms with Gasteiger partial charge in [-0.15, -0.1) is 0 Å². The predicted molar refractivity (Wildman–Crippen MR) is 87.2 cm³/mol. The lowest BCUT2D eigenvalue weighted by atomic mass is 10.0. The topological polar surface area (TPSA) is 66.5 Å². The Kier molecular flexibility index (Phi) is 5.83. The molecule has 1 saturated heterocycles. The predicted octanol–water partition coefficient (Wildman–Crippen LogP) is 2.33. The Balaban J connectivity index is 2.13. The summed E-state index contributed by atoms with van der Waals surface area (Å²) in [6, 6.07) is 6.31. The number of nitrogens with zero attached hydrogens (tertiary/aromatic N) is 1. The molecule has 0 aromatic heterocycles. The number of likely N-dealkylation sites (tertiary alicyclic amines) is 1. The minimum Gasteiger partial charge on any atom is -0.343 e. The molecule has 122 valence electrons. The first-order chi connectivity index (χ1) is 10.3. The smallest absolute Gasteiger partial charge is 0.224 e. The van der Waals surface area contributed by atoms with E-state index in [1.807, 2.05) is 4.90 Å². The summed E-state index contributed by atoms with van der Waals surface area (Å²) >= 11 is 5.86. The first-order valence-electron chi connectivity index (χ1n) is 7.36. The lowest BCUT2D eigenvalue weighted by molar-refractivity contribution is -0.132. The van der Waals surface area contributed by atoms with Crippen LogP contribution in [0.5, 0.6) is 0 Å². The zero-order valence-electron chi connectivity index (χ0n) is 12.6. The lowest BCUT2D eigenvalue weighted by Gasteiger charge is -2.28. The van der Waals surface area contributed by atoms with E-state index in [0.717, 1.165) is 44.2 Å². The molecule has 0 bridgehead atoms. The molecule has 1 aliphatic heterocycles. The van der Waals surface area contributed by atoms with Crippen LogP contribution in [0.25, 0.3) is 0 Å². The van der Waals surface area contributed by atoms with Gasteiger partial charge >= 0.3 is 0 Å². The van der Waals surface area contributed by atoms with Crippen LogP contribution in [-0.2, 0) is 14.8 Å². The maximum Gasteiger partial charge on any atom is 0.224 e. The van der Waals surface area contributed by atoms with E-state index >= 15 is 0 Å². The van der Waals surface area contributed by atoms with Gasteiger partial charge < -0.3 is 4.90 Å². The van der Waals surface area contributed by atoms with Gasteiger partial charge in [0, 0.05) is 24.5 Å². The van der Waals surface area contributed by atoms with Crippen LogP contribution in [0.1, 0.15) is 37.3 Å². The van der Waals surface area contributed by atoms with Gasteiger partial charge in [0.05, 0.1) is 12.3 Å². The molecule has 0 spiro atoms. The van der Waals surface area contributed by atoms with Crippen molar-refractivity contribution in [2.45, 2.75) is 31.7 Å². The largest absolute Gasteiger partial charge is 0.343 e. The van der Waals surface area contributed by atoms with E-state index in [1.165, 1.54) is 0 Å². The summed E-state index contributed by atoms with van der Waals surface area (Å²) in [4.78, 5) is 14.2. The number of carbonyl (C=O) groups is 1. The van der Waals surface area contributed by atoms with Crippen LogP contribution in [0.2, 0.25) is 5.02 Å². The van der Waals surface area contributed by atoms with Crippen LogP contribution >= 0.6 is 11.6 Å². The van der Waals surface area contributed by atoms with Crippen LogP contribution < -0.4 is 4.72 Å². The molecule has 7 heteroatoms. The Labute approximate surface area is 136 Å². The number of amides is 1. The summed E-state index contributed by atoms with van der Waals surface area (Å²) < 4.78 is 25.7. The van der Waals surface area contributed by atoms with Gasteiger partial charge in [-0.05, 0) is 37.0 Å². The van der Waals surface area contributed by atoms with Gasteiger partial charge in [-0.1, -0.05) is 23.7 Å². The molecule has 0 saturated carbocycles. The van der Waals surface area contributed by atoms with Crippen molar-refractivity contribution in [1.29, 1.82) is 0 Å². The Morgan fingerprint density at radius 2 is 1.82 bits per heavy atom. The lowest BCUT2D eigenvalue weighted by Crippen LogP contribution is -2.38. The molecule has 1 amide bonds. The second kappa shape index (κ2) is 7.44. The van der Waals surface area contributed by atoms with Gasteiger partial charge in [-0.3, -0.25) is 4.79 Å². The molecule has 5 nitrogen and oxygen atoms in total. The average molecular weight is 345 g/mol. The number of benzene rings is 1. The standard InChI is InChI=1S/C15H21ClN2O3S/c1-22(20,21)17-14(12-5-7-13(16)8-6-12)11-15(19)18-9-3-2-4-10-18/h5-8,14,17H,2-4,9-11H2,1H3. The van der Waals surface area contributed by atoms with E-state index in [4.69, 9.17) is 11.6 Å². The van der Waals surface area contributed by atoms with Crippen molar-refractivity contribution in [2.75, 3.05) is 19.3 Å². The van der Waals surface area contributed by atoms with Crippen molar-refractivity contribution in [3.8, 4) is 0 Å². The molecule has 1 fully saturated rings. The van der Waals surface area contributed by atoms with Crippen LogP contribution in [0, 0.1) is 0 Å². The third-order valence-corrected chi connectivity index (χ3v) is 4.68. The molecule has 1 atom stereocenters. The number of rotatable bonds is 5. The highest BCUT2D eigenvalue weighted by molar-refractivity contribution is 7.88. The molecule has 1 aromatic carbocycles. The Hall–Kier alpha value is -1.11. The quantitative estimate of drug-likeness (QED) is 0.891. The minimum atomic E-state index is -3.41. The average Bonchev–Trinajstić information content (AvgIpc) is 2.47. The fourth-order valence-electron chi connectivity index (χ4n) is 2.63. The molecule has 0 radical (unpaired) electrons. The first-order valence-corrected chi connectivity index (χ1v) is 9.62. The fraction of sp³-hybridized carbons (Fsp3) is 0.533. The van der Waals surface area contributed by atoms with Crippen molar-refractivity contribution in [3.63, 3.8) is 0 Å². The Morgan fingerprint density at radius 3 is 2.36 bits per heavy atom. The minimum absolute atomic E-state index is 0.0178. The van der Waals surface area contributed by atoms with Gasteiger partial charge in [0.15, 0.2) is 0 Å². The van der Waals surface area contributed by atoms with Gasteiger partial charge in [-0.2, -0.15) is 0 Å². The summed E-state index contributed by atoms with van der Waals surface area (Å²) in [7, 11) is -3.41. The van der Waals surface area contributed by atoms with E-state index in [2.05, 4.69) is 4.72 Å². The van der Waals surface area contributed by atoms with Crippen molar-refractivity contribution >= 4 is 27.5 Å². The van der Waals surface area contributed by atoms with E-state index in [0.29, 0.717) is 5.02 Å². The number of halogens is 1. The van der Waals surface area contributed by atoms with Crippen LogP contribution in [-0.4, -0.2) is 38.6 Å². The zero-order valence-corrected chi connectivity index (χ0v) is 14.2. The number of hydrogen-bond acceptors (Lipinski definition) is 3. The van der Waals surface area contributed by atoms with Gasteiger partial charge in [-0.25, -0.2) is 13.1 Å². The molecule has 22 heavy (non-hydrogen) atoms. The molecular formula is C15H21ClN2O3S. The van der Waals surface area contributed by atoms with E-state index in [9.17, 15) is 13.2 Å². The molecule has 1 unspecified atom stereocenters. The SMILES string of the molecule is CS(=O)(=O)NC(CC(=O)N1CCCCC1)c1ccc(Cl)cc1. The maximum atomic E-state index is 12.4. The highest BCUT2D eigenvalue weighted by Gasteiger charge is 2.24. The van der Waals surface area contributed by atoms with E-state index in [1.54, 1.807) is 24.3 Å². The van der Waals surface area contributed by atoms with E-state index < -0.39 is 16.1 Å². The monoisotopic (exact) mass is 344 g/mol. The van der Waals surface area contributed by atoms with Crippen LogP contribution in [0.4, 0.5) is 0 Å². The highest BCUT2D eigenvalue weighted by atomic mass is 35.5. The maximum absolute atomic E-state index is 12.4. The second-order valence-electron chi connectivity index (χ2n) is 5.64. The normalized spacial score (nSPS) is 17.3. The summed E-state index contributed by atoms with van der Waals surface area (Å²) in [5, 5.41) is 0.573. The molecule has 1 aliphatic rings. The van der Waals surface area contributed by atoms with Gasteiger partial charge in [0.2, 0.25) is 15.9 Å². The Bertz CT molecular complexity index is 610. The number of nitrogens with one attached hydrogen (secondary N) is 1. The number of hydrogen-bond donors (Lipinski definition) is 1. The van der Waals surface area contributed by atoms with Crippen molar-refractivity contribution in [3.05, 3.63) is 34.9 Å². The summed E-state index contributed by atoms with van der Waals surface area (Å²) in [6.45, 7) is 1.51. The molecular weight excluding hydrogens is 324 g/mol. The second-order valence-corrected chi connectivity index (χ2v) is 7.86. The number of piperidine rings is 1. The van der Waals surface area contributed by atoms with Crippen molar-refractivity contribution < 1.29 is 13.2 Å². The summed E-state index contributed by atoms with van der Waals surface area (Å²) in [5.41, 5.74) is 0.736. The van der Waals surface area contributed by atoms with Crippen molar-refractivity contribution in [2.24, 2.45) is 0 Å². The van der Waals surface area contributed by atoms with Crippen LogP contribution in [0.3, 0.4) is 0 Å². The molecule has 1 N–H and O–H groups in total. The molecule has 2 rings (SSSR count). The van der Waals surface area contributed by atoms with Crippen LogP contribution in [0.15, 0.2) is 24.3 Å². The van der Waals surface area contributed by atoms with Gasteiger partial charge in [0.1, 0.15) is 0 Å². The Morgan fingerprint density at radius 1 is 1.23 bits per heavy atom. The highest BCUT2D eigenvalue weighted by Crippen LogP contribution is 2.22. The van der Waals surface area contributed by atoms with Crippen molar-refractivity contribution in [1.82, 2.24) is 9.62 Å². The third kappa shape index (κ3) is 5.26. The summed E-state index contributed by atoms with van der Waals surface area (Å²) in [5.74, 6) is -0.0178. The molecule has 0 aliphatic carbocycles. The molecule has 1 aromatic rings. The third-order valence-electron chi connectivity index (χ3n) is 3.72. The number of sulfonamides is 1. The molecule has 1 heterocycles. The zero-order chi connectivity index (χ0) is 16.2. The number of carbonyl (C=O) groups excluding carboxylic acids is 1. The van der Waals surface area contributed by atoms with Gasteiger partial charge in [0.25, 0.3) is 0 Å². The summed E-state index contributed by atoms with van der Waals surface area (Å²) in [6.07, 6.45) is 4.38. The van der Waals surface area contributed by atoms with E-state index in [-0.39, 0.29) is 12.3 Å². The first kappa shape index (κ1) is 17.2. The fourth-order valence-corrected chi connectivity index (χ4v) is 3.49.